The van der Waals surface area contributed by atoms with Crippen LogP contribution in [0.15, 0.2) is 24.3 Å². The molecule has 1 atom stereocenters. The van der Waals surface area contributed by atoms with Crippen molar-refractivity contribution in [3.8, 4) is 0 Å². The molecule has 1 unspecified atom stereocenters. The molecule has 0 radical (unpaired) electrons. The SMILES string of the molecule is CCCS(=O)(=O)N1CCCC1C(=O)N1CCN(C(=O)c2ccccc2C(F)(F)F)CC1. The molecule has 2 amide bonds. The second kappa shape index (κ2) is 9.15. The number of benzene rings is 1. The molecule has 1 aromatic rings. The van der Waals surface area contributed by atoms with Crippen molar-refractivity contribution >= 4 is 21.8 Å². The normalized spacial score (nSPS) is 20.8. The van der Waals surface area contributed by atoms with Gasteiger partial charge in [0.05, 0.1) is 16.9 Å². The molecule has 0 aliphatic carbocycles. The molecular weight excluding hydrogens is 435 g/mol. The molecule has 0 bridgehead atoms. The molecule has 2 heterocycles. The molecule has 31 heavy (non-hydrogen) atoms. The Bertz CT molecular complexity index is 928. The molecule has 0 aromatic heterocycles. The van der Waals surface area contributed by atoms with Gasteiger partial charge in [0, 0.05) is 32.7 Å². The summed E-state index contributed by atoms with van der Waals surface area (Å²) < 4.78 is 65.9. The zero-order chi connectivity index (χ0) is 22.8. The van der Waals surface area contributed by atoms with E-state index in [1.165, 1.54) is 26.2 Å². The van der Waals surface area contributed by atoms with Gasteiger partial charge in [-0.05, 0) is 31.4 Å². The Morgan fingerprint density at radius 3 is 2.26 bits per heavy atom. The largest absolute Gasteiger partial charge is 0.417 e. The van der Waals surface area contributed by atoms with Gasteiger partial charge in [-0.25, -0.2) is 8.42 Å². The van der Waals surface area contributed by atoms with Crippen molar-refractivity contribution in [2.45, 2.75) is 38.4 Å². The molecule has 172 valence electrons. The molecule has 3 rings (SSSR count). The highest BCUT2D eigenvalue weighted by Crippen LogP contribution is 2.32. The minimum Gasteiger partial charge on any atom is -0.338 e. The van der Waals surface area contributed by atoms with Crippen LogP contribution < -0.4 is 0 Å². The van der Waals surface area contributed by atoms with Crippen LogP contribution in [0.5, 0.6) is 0 Å². The van der Waals surface area contributed by atoms with Gasteiger partial charge in [-0.15, -0.1) is 0 Å². The number of alkyl halides is 3. The molecule has 2 saturated heterocycles. The number of carbonyl (C=O) groups excluding carboxylic acids is 2. The standard InChI is InChI=1S/C20H26F3N3O4S/c1-2-14-31(29,30)26-9-5-8-17(26)19(28)25-12-10-24(11-13-25)18(27)15-6-3-4-7-16(15)20(21,22)23/h3-4,6-7,17H,2,5,8-14H2,1H3. The van der Waals surface area contributed by atoms with Gasteiger partial charge < -0.3 is 9.80 Å². The van der Waals surface area contributed by atoms with E-state index in [4.69, 9.17) is 0 Å². The minimum absolute atomic E-state index is 0.0162. The number of hydrogen-bond donors (Lipinski definition) is 0. The highest BCUT2D eigenvalue weighted by molar-refractivity contribution is 7.89. The minimum atomic E-state index is -4.64. The van der Waals surface area contributed by atoms with E-state index in [0.717, 1.165) is 12.1 Å². The maximum Gasteiger partial charge on any atom is 0.417 e. The molecule has 11 heteroatoms. The Balaban J connectivity index is 1.66. The van der Waals surface area contributed by atoms with Crippen LogP contribution >= 0.6 is 0 Å². The first kappa shape index (κ1) is 23.5. The molecular formula is C20H26F3N3O4S. The number of piperazine rings is 1. The van der Waals surface area contributed by atoms with E-state index in [2.05, 4.69) is 0 Å². The number of nitrogens with zero attached hydrogens (tertiary/aromatic N) is 3. The predicted molar refractivity (Wildman–Crippen MR) is 108 cm³/mol. The molecule has 0 N–H and O–H groups in total. The number of carbonyl (C=O) groups is 2. The number of rotatable bonds is 5. The lowest BCUT2D eigenvalue weighted by atomic mass is 10.1. The van der Waals surface area contributed by atoms with Crippen LogP contribution in [0.1, 0.15) is 42.1 Å². The van der Waals surface area contributed by atoms with Gasteiger partial charge in [-0.2, -0.15) is 17.5 Å². The first-order valence-electron chi connectivity index (χ1n) is 10.3. The third-order valence-corrected chi connectivity index (χ3v) is 7.73. The van der Waals surface area contributed by atoms with E-state index in [1.54, 1.807) is 6.92 Å². The third-order valence-electron chi connectivity index (χ3n) is 5.65. The van der Waals surface area contributed by atoms with Crippen LogP contribution in [0.25, 0.3) is 0 Å². The fourth-order valence-corrected chi connectivity index (χ4v) is 5.86. The van der Waals surface area contributed by atoms with Gasteiger partial charge >= 0.3 is 6.18 Å². The van der Waals surface area contributed by atoms with Crippen molar-refractivity contribution in [1.29, 1.82) is 0 Å². The Morgan fingerprint density at radius 1 is 1.03 bits per heavy atom. The highest BCUT2D eigenvalue weighted by Gasteiger charge is 2.41. The van der Waals surface area contributed by atoms with Crippen molar-refractivity contribution in [3.63, 3.8) is 0 Å². The summed E-state index contributed by atoms with van der Waals surface area (Å²) in [7, 11) is -3.51. The lowest BCUT2D eigenvalue weighted by Gasteiger charge is -2.37. The summed E-state index contributed by atoms with van der Waals surface area (Å²) in [6.07, 6.45) is -3.13. The summed E-state index contributed by atoms with van der Waals surface area (Å²) in [5, 5.41) is 0. The Morgan fingerprint density at radius 2 is 1.65 bits per heavy atom. The predicted octanol–water partition coefficient (Wildman–Crippen LogP) is 2.19. The van der Waals surface area contributed by atoms with Gasteiger partial charge in [0.1, 0.15) is 6.04 Å². The molecule has 2 aliphatic rings. The smallest absolute Gasteiger partial charge is 0.338 e. The summed E-state index contributed by atoms with van der Waals surface area (Å²) in [5.74, 6) is -1.05. The van der Waals surface area contributed by atoms with E-state index in [-0.39, 0.29) is 37.8 Å². The summed E-state index contributed by atoms with van der Waals surface area (Å²) in [6.45, 7) is 2.55. The summed E-state index contributed by atoms with van der Waals surface area (Å²) in [5.41, 5.74) is -1.40. The van der Waals surface area contributed by atoms with Gasteiger partial charge in [-0.3, -0.25) is 9.59 Å². The second-order valence-electron chi connectivity index (χ2n) is 7.75. The molecule has 2 aliphatic heterocycles. The van der Waals surface area contributed by atoms with Gasteiger partial charge in [0.15, 0.2) is 0 Å². The van der Waals surface area contributed by atoms with Crippen LogP contribution in [0.3, 0.4) is 0 Å². The zero-order valence-corrected chi connectivity index (χ0v) is 18.1. The molecule has 2 fully saturated rings. The van der Waals surface area contributed by atoms with E-state index in [9.17, 15) is 31.2 Å². The lowest BCUT2D eigenvalue weighted by Crippen LogP contribution is -2.55. The van der Waals surface area contributed by atoms with E-state index >= 15 is 0 Å². The quantitative estimate of drug-likeness (QED) is 0.674. The first-order valence-corrected chi connectivity index (χ1v) is 11.9. The van der Waals surface area contributed by atoms with Gasteiger partial charge in [0.2, 0.25) is 15.9 Å². The molecule has 1 aromatic carbocycles. The second-order valence-corrected chi connectivity index (χ2v) is 9.79. The average molecular weight is 462 g/mol. The van der Waals surface area contributed by atoms with Gasteiger partial charge in [-0.1, -0.05) is 19.1 Å². The number of halogens is 3. The van der Waals surface area contributed by atoms with Crippen molar-refractivity contribution in [1.82, 2.24) is 14.1 Å². The average Bonchev–Trinajstić information content (AvgIpc) is 3.23. The zero-order valence-electron chi connectivity index (χ0n) is 17.3. The fourth-order valence-electron chi connectivity index (χ4n) is 4.12. The first-order chi connectivity index (χ1) is 14.6. The summed E-state index contributed by atoms with van der Waals surface area (Å²) in [6, 6.07) is 3.89. The van der Waals surface area contributed by atoms with Crippen molar-refractivity contribution < 1.29 is 31.2 Å². The molecule has 0 saturated carbocycles. The Labute approximate surface area is 179 Å². The summed E-state index contributed by atoms with van der Waals surface area (Å²) >= 11 is 0. The van der Waals surface area contributed by atoms with Crippen LogP contribution in [0.2, 0.25) is 0 Å². The van der Waals surface area contributed by atoms with Crippen LogP contribution in [0.4, 0.5) is 13.2 Å². The number of amides is 2. The van der Waals surface area contributed by atoms with Crippen molar-refractivity contribution in [2.24, 2.45) is 0 Å². The van der Waals surface area contributed by atoms with Crippen molar-refractivity contribution in [3.05, 3.63) is 35.4 Å². The van der Waals surface area contributed by atoms with E-state index in [1.807, 2.05) is 0 Å². The molecule has 7 nitrogen and oxygen atoms in total. The third kappa shape index (κ3) is 5.03. The van der Waals surface area contributed by atoms with E-state index in [0.29, 0.717) is 25.8 Å². The van der Waals surface area contributed by atoms with Crippen LogP contribution in [0, 0.1) is 0 Å². The highest BCUT2D eigenvalue weighted by atomic mass is 32.2. The number of hydrogen-bond acceptors (Lipinski definition) is 4. The Kier molecular flexibility index (Phi) is 6.95. The van der Waals surface area contributed by atoms with Crippen LogP contribution in [-0.2, 0) is 21.0 Å². The van der Waals surface area contributed by atoms with Crippen LogP contribution in [-0.4, -0.2) is 78.9 Å². The molecule has 0 spiro atoms. The lowest BCUT2D eigenvalue weighted by molar-refractivity contribution is -0.138. The monoisotopic (exact) mass is 461 g/mol. The fraction of sp³-hybridized carbons (Fsp3) is 0.600. The maximum absolute atomic E-state index is 13.2. The summed E-state index contributed by atoms with van der Waals surface area (Å²) in [4.78, 5) is 28.5. The van der Waals surface area contributed by atoms with Crippen molar-refractivity contribution in [2.75, 3.05) is 38.5 Å². The van der Waals surface area contributed by atoms with E-state index < -0.39 is 39.3 Å². The number of sulfonamides is 1. The Hall–Kier alpha value is -2.14. The maximum atomic E-state index is 13.2. The topological polar surface area (TPSA) is 78.0 Å². The van der Waals surface area contributed by atoms with Gasteiger partial charge in [0.25, 0.3) is 5.91 Å².